The van der Waals surface area contributed by atoms with Crippen LogP contribution in [0.2, 0.25) is 0 Å². The Bertz CT molecular complexity index is 665. The number of sulfonamides is 1. The van der Waals surface area contributed by atoms with Crippen molar-refractivity contribution < 1.29 is 8.42 Å². The van der Waals surface area contributed by atoms with Gasteiger partial charge in [0.05, 0.1) is 4.90 Å². The van der Waals surface area contributed by atoms with Gasteiger partial charge in [0.25, 0.3) is 0 Å². The highest BCUT2D eigenvalue weighted by atomic mass is 79.9. The molecule has 0 N–H and O–H groups in total. The molecule has 0 atom stereocenters. The van der Waals surface area contributed by atoms with Crippen LogP contribution < -0.4 is 0 Å². The molecule has 2 aromatic carbocycles. The molecule has 0 heterocycles. The molecule has 0 aromatic heterocycles. The van der Waals surface area contributed by atoms with Crippen LogP contribution in [0.15, 0.2) is 45.8 Å². The minimum absolute atomic E-state index is 0.317. The van der Waals surface area contributed by atoms with Crippen molar-refractivity contribution in [1.29, 1.82) is 0 Å². The lowest BCUT2D eigenvalue weighted by Gasteiger charge is -2.11. The third-order valence-corrected chi connectivity index (χ3v) is 4.86. The van der Waals surface area contributed by atoms with Gasteiger partial charge in [-0.1, -0.05) is 28.1 Å². The lowest BCUT2D eigenvalue weighted by Crippen LogP contribution is -2.22. The zero-order chi connectivity index (χ0) is 12.6. The molecule has 5 heteroatoms. The van der Waals surface area contributed by atoms with Gasteiger partial charge in [-0.2, -0.15) is 0 Å². The van der Waals surface area contributed by atoms with Gasteiger partial charge in [0.1, 0.15) is 0 Å². The first-order valence-corrected chi connectivity index (χ1v) is 7.26. The molecule has 0 aliphatic rings. The molecule has 0 saturated heterocycles. The van der Waals surface area contributed by atoms with Crippen LogP contribution in [0, 0.1) is 0 Å². The van der Waals surface area contributed by atoms with Gasteiger partial charge >= 0.3 is 0 Å². The van der Waals surface area contributed by atoms with E-state index in [9.17, 15) is 8.42 Å². The Morgan fingerprint density at radius 3 is 2.24 bits per heavy atom. The van der Waals surface area contributed by atoms with Crippen LogP contribution in [-0.4, -0.2) is 26.8 Å². The second-order valence-electron chi connectivity index (χ2n) is 3.94. The SMILES string of the molecule is CN(C)S(=O)(=O)c1ccc2cc(Br)ccc2c1. The second-order valence-corrected chi connectivity index (χ2v) is 7.01. The summed E-state index contributed by atoms with van der Waals surface area (Å²) in [6, 6.07) is 10.9. The summed E-state index contributed by atoms with van der Waals surface area (Å²) < 4.78 is 26.1. The monoisotopic (exact) mass is 313 g/mol. The summed E-state index contributed by atoms with van der Waals surface area (Å²) in [5, 5.41) is 1.92. The van der Waals surface area contributed by atoms with E-state index in [1.807, 2.05) is 24.3 Å². The number of fused-ring (bicyclic) bond motifs is 1. The van der Waals surface area contributed by atoms with Crippen molar-refractivity contribution in [2.24, 2.45) is 0 Å². The number of hydrogen-bond acceptors (Lipinski definition) is 2. The average molecular weight is 314 g/mol. The molecule has 0 saturated carbocycles. The molecular formula is C12H12BrNO2S. The fourth-order valence-corrected chi connectivity index (χ4v) is 2.88. The minimum Gasteiger partial charge on any atom is -0.207 e. The molecule has 0 aliphatic heterocycles. The van der Waals surface area contributed by atoms with Crippen molar-refractivity contribution in [3.63, 3.8) is 0 Å². The molecule has 17 heavy (non-hydrogen) atoms. The van der Waals surface area contributed by atoms with E-state index in [2.05, 4.69) is 15.9 Å². The maximum Gasteiger partial charge on any atom is 0.242 e. The Kier molecular flexibility index (Phi) is 3.25. The fourth-order valence-electron chi connectivity index (χ4n) is 1.57. The van der Waals surface area contributed by atoms with Gasteiger partial charge in [-0.05, 0) is 35.0 Å². The van der Waals surface area contributed by atoms with E-state index in [1.165, 1.54) is 18.4 Å². The largest absolute Gasteiger partial charge is 0.242 e. The smallest absolute Gasteiger partial charge is 0.207 e. The van der Waals surface area contributed by atoms with E-state index in [4.69, 9.17) is 0 Å². The quantitative estimate of drug-likeness (QED) is 0.855. The topological polar surface area (TPSA) is 37.4 Å². The van der Waals surface area contributed by atoms with Crippen LogP contribution in [0.25, 0.3) is 10.8 Å². The normalized spacial score (nSPS) is 12.2. The number of rotatable bonds is 2. The van der Waals surface area contributed by atoms with E-state index in [-0.39, 0.29) is 0 Å². The lowest BCUT2D eigenvalue weighted by atomic mass is 10.1. The zero-order valence-corrected chi connectivity index (χ0v) is 11.9. The van der Waals surface area contributed by atoms with E-state index >= 15 is 0 Å². The van der Waals surface area contributed by atoms with Gasteiger partial charge in [-0.25, -0.2) is 12.7 Å². The molecule has 0 radical (unpaired) electrons. The average Bonchev–Trinajstić information content (AvgIpc) is 2.28. The van der Waals surface area contributed by atoms with Crippen molar-refractivity contribution in [2.75, 3.05) is 14.1 Å². The molecule has 2 rings (SSSR count). The number of benzene rings is 2. The summed E-state index contributed by atoms with van der Waals surface area (Å²) in [5.74, 6) is 0. The highest BCUT2D eigenvalue weighted by Crippen LogP contribution is 2.23. The van der Waals surface area contributed by atoms with Gasteiger partial charge in [0.2, 0.25) is 10.0 Å². The molecule has 0 bridgehead atoms. The molecule has 90 valence electrons. The van der Waals surface area contributed by atoms with Crippen molar-refractivity contribution in [3.8, 4) is 0 Å². The number of nitrogens with zero attached hydrogens (tertiary/aromatic N) is 1. The molecule has 0 aliphatic carbocycles. The summed E-state index contributed by atoms with van der Waals surface area (Å²) in [6.45, 7) is 0. The third kappa shape index (κ3) is 2.36. The van der Waals surface area contributed by atoms with Gasteiger partial charge in [-0.15, -0.1) is 0 Å². The van der Waals surface area contributed by atoms with Crippen LogP contribution in [0.5, 0.6) is 0 Å². The van der Waals surface area contributed by atoms with Gasteiger partial charge in [0.15, 0.2) is 0 Å². The first kappa shape index (κ1) is 12.5. The fraction of sp³-hybridized carbons (Fsp3) is 0.167. The van der Waals surface area contributed by atoms with Crippen LogP contribution in [0.3, 0.4) is 0 Å². The molecule has 0 fully saturated rings. The molecule has 0 amide bonds. The molecule has 2 aromatic rings. The van der Waals surface area contributed by atoms with Crippen molar-refractivity contribution in [3.05, 3.63) is 40.9 Å². The standard InChI is InChI=1S/C12H12BrNO2S/c1-14(2)17(15,16)12-6-4-9-7-11(13)5-3-10(9)8-12/h3-8H,1-2H3. The first-order chi connectivity index (χ1) is 7.91. The predicted molar refractivity (Wildman–Crippen MR) is 72.5 cm³/mol. The minimum atomic E-state index is -3.36. The van der Waals surface area contributed by atoms with Crippen LogP contribution in [0.1, 0.15) is 0 Å². The highest BCUT2D eigenvalue weighted by molar-refractivity contribution is 9.10. The summed E-state index contributed by atoms with van der Waals surface area (Å²) >= 11 is 3.39. The highest BCUT2D eigenvalue weighted by Gasteiger charge is 2.16. The summed E-state index contributed by atoms with van der Waals surface area (Å²) in [5.41, 5.74) is 0. The maximum atomic E-state index is 12.0. The molecular weight excluding hydrogens is 302 g/mol. The van der Waals surface area contributed by atoms with Gasteiger partial charge in [0, 0.05) is 18.6 Å². The summed E-state index contributed by atoms with van der Waals surface area (Å²) in [4.78, 5) is 0.317. The van der Waals surface area contributed by atoms with E-state index in [0.29, 0.717) is 4.90 Å². The van der Waals surface area contributed by atoms with E-state index in [1.54, 1.807) is 12.1 Å². The van der Waals surface area contributed by atoms with Crippen molar-refractivity contribution in [2.45, 2.75) is 4.90 Å². The van der Waals surface area contributed by atoms with Crippen molar-refractivity contribution in [1.82, 2.24) is 4.31 Å². The Balaban J connectivity index is 2.64. The van der Waals surface area contributed by atoms with Gasteiger partial charge in [-0.3, -0.25) is 0 Å². The van der Waals surface area contributed by atoms with Crippen LogP contribution in [0.4, 0.5) is 0 Å². The second kappa shape index (κ2) is 4.40. The van der Waals surface area contributed by atoms with E-state index in [0.717, 1.165) is 15.2 Å². The zero-order valence-electron chi connectivity index (χ0n) is 9.51. The van der Waals surface area contributed by atoms with Crippen LogP contribution >= 0.6 is 15.9 Å². The first-order valence-electron chi connectivity index (χ1n) is 5.03. The Hall–Kier alpha value is -0.910. The Labute approximate surface area is 109 Å². The maximum absolute atomic E-state index is 12.0. The third-order valence-electron chi connectivity index (χ3n) is 2.55. The Morgan fingerprint density at radius 2 is 1.59 bits per heavy atom. The summed E-state index contributed by atoms with van der Waals surface area (Å²) in [7, 11) is -0.299. The van der Waals surface area contributed by atoms with Crippen molar-refractivity contribution >= 4 is 36.7 Å². The number of hydrogen-bond donors (Lipinski definition) is 0. The predicted octanol–water partition coefficient (Wildman–Crippen LogP) is 2.85. The summed E-state index contributed by atoms with van der Waals surface area (Å²) in [6.07, 6.45) is 0. The van der Waals surface area contributed by atoms with Gasteiger partial charge < -0.3 is 0 Å². The lowest BCUT2D eigenvalue weighted by molar-refractivity contribution is 0.521. The number of halogens is 1. The molecule has 3 nitrogen and oxygen atoms in total. The molecule has 0 spiro atoms. The Morgan fingerprint density at radius 1 is 1.00 bits per heavy atom. The van der Waals surface area contributed by atoms with Crippen LogP contribution in [-0.2, 0) is 10.0 Å². The van der Waals surface area contributed by atoms with E-state index < -0.39 is 10.0 Å². The molecule has 0 unspecified atom stereocenters.